The van der Waals surface area contributed by atoms with Crippen molar-refractivity contribution in [3.63, 3.8) is 0 Å². The Morgan fingerprint density at radius 1 is 1.19 bits per heavy atom. The first-order chi connectivity index (χ1) is 15.5. The number of benzene rings is 2. The van der Waals surface area contributed by atoms with E-state index >= 15 is 0 Å². The molecule has 0 saturated carbocycles. The van der Waals surface area contributed by atoms with E-state index in [1.807, 2.05) is 0 Å². The molecular formula is C23H19FN6O2. The zero-order chi connectivity index (χ0) is 22.7. The summed E-state index contributed by atoms with van der Waals surface area (Å²) < 4.78 is 20.9. The molecule has 4 rings (SSSR count). The van der Waals surface area contributed by atoms with Crippen molar-refractivity contribution < 1.29 is 14.2 Å². The van der Waals surface area contributed by atoms with E-state index < -0.39 is 6.10 Å². The number of nitriles is 1. The molecule has 0 aliphatic rings. The van der Waals surface area contributed by atoms with Crippen molar-refractivity contribution in [2.75, 3.05) is 6.54 Å². The summed E-state index contributed by atoms with van der Waals surface area (Å²) in [5.74, 6) is 0.714. The van der Waals surface area contributed by atoms with Gasteiger partial charge in [-0.25, -0.2) is 14.1 Å². The molecule has 32 heavy (non-hydrogen) atoms. The van der Waals surface area contributed by atoms with Crippen molar-refractivity contribution in [3.8, 4) is 34.6 Å². The maximum absolute atomic E-state index is 13.3. The standard InChI is InChI=1S/C23H19FN6O2/c1-14-28-19(16-3-5-18(24)6-4-16)9-23(29-14)32-22-8-15(10-25)2-7-20(22)30-13-17(12-27-30)21(31)11-26/h2-9,12-13,21,31H,11,26H2,1H3. The van der Waals surface area contributed by atoms with Crippen LogP contribution in [0.2, 0.25) is 0 Å². The lowest BCUT2D eigenvalue weighted by Crippen LogP contribution is -2.10. The predicted molar refractivity (Wildman–Crippen MR) is 115 cm³/mol. The molecule has 3 N–H and O–H groups in total. The molecule has 160 valence electrons. The Bertz CT molecular complexity index is 1300. The van der Waals surface area contributed by atoms with E-state index in [-0.39, 0.29) is 18.2 Å². The van der Waals surface area contributed by atoms with Crippen LogP contribution in [0.25, 0.3) is 16.9 Å². The number of rotatable bonds is 6. The van der Waals surface area contributed by atoms with Crippen molar-refractivity contribution in [2.24, 2.45) is 5.73 Å². The fourth-order valence-corrected chi connectivity index (χ4v) is 3.11. The molecule has 1 atom stereocenters. The monoisotopic (exact) mass is 430 g/mol. The van der Waals surface area contributed by atoms with Gasteiger partial charge in [0.25, 0.3) is 0 Å². The summed E-state index contributed by atoms with van der Waals surface area (Å²) in [5.41, 5.74) is 8.29. The van der Waals surface area contributed by atoms with E-state index in [0.29, 0.717) is 39.6 Å². The minimum absolute atomic E-state index is 0.0643. The average Bonchev–Trinajstić information content (AvgIpc) is 3.28. The van der Waals surface area contributed by atoms with Crippen LogP contribution in [0.3, 0.4) is 0 Å². The number of ether oxygens (including phenoxy) is 1. The maximum atomic E-state index is 13.3. The van der Waals surface area contributed by atoms with Gasteiger partial charge in [0, 0.05) is 36.0 Å². The minimum Gasteiger partial charge on any atom is -0.437 e. The molecule has 0 aliphatic carbocycles. The molecule has 0 spiro atoms. The van der Waals surface area contributed by atoms with Gasteiger partial charge in [0.05, 0.1) is 29.6 Å². The summed E-state index contributed by atoms with van der Waals surface area (Å²) in [4.78, 5) is 8.73. The predicted octanol–water partition coefficient (Wildman–Crippen LogP) is 3.43. The highest BCUT2D eigenvalue weighted by Gasteiger charge is 2.15. The van der Waals surface area contributed by atoms with Gasteiger partial charge >= 0.3 is 0 Å². The molecule has 2 heterocycles. The molecule has 0 bridgehead atoms. The fraction of sp³-hybridized carbons (Fsp3) is 0.130. The first kappa shape index (κ1) is 21.1. The fourth-order valence-electron chi connectivity index (χ4n) is 3.11. The average molecular weight is 430 g/mol. The van der Waals surface area contributed by atoms with Crippen LogP contribution in [-0.2, 0) is 0 Å². The Morgan fingerprint density at radius 3 is 2.69 bits per heavy atom. The van der Waals surface area contributed by atoms with Gasteiger partial charge in [0.15, 0.2) is 5.75 Å². The minimum atomic E-state index is -0.839. The highest BCUT2D eigenvalue weighted by molar-refractivity contribution is 5.60. The van der Waals surface area contributed by atoms with Crippen molar-refractivity contribution in [3.05, 3.63) is 83.7 Å². The highest BCUT2D eigenvalue weighted by atomic mass is 19.1. The smallest absolute Gasteiger partial charge is 0.223 e. The summed E-state index contributed by atoms with van der Waals surface area (Å²) in [6.07, 6.45) is 2.32. The molecular weight excluding hydrogens is 411 g/mol. The Morgan fingerprint density at radius 2 is 1.97 bits per heavy atom. The maximum Gasteiger partial charge on any atom is 0.223 e. The van der Waals surface area contributed by atoms with E-state index in [1.54, 1.807) is 49.5 Å². The van der Waals surface area contributed by atoms with Crippen LogP contribution < -0.4 is 10.5 Å². The number of hydrogen-bond donors (Lipinski definition) is 2. The number of aromatic nitrogens is 4. The second kappa shape index (κ2) is 8.93. The summed E-state index contributed by atoms with van der Waals surface area (Å²) in [6, 6.07) is 14.6. The first-order valence-electron chi connectivity index (χ1n) is 9.73. The largest absolute Gasteiger partial charge is 0.437 e. The summed E-state index contributed by atoms with van der Waals surface area (Å²) in [6.45, 7) is 1.79. The Labute approximate surface area is 183 Å². The summed E-state index contributed by atoms with van der Waals surface area (Å²) in [5, 5.41) is 23.6. The molecule has 2 aromatic carbocycles. The van der Waals surface area contributed by atoms with Crippen molar-refractivity contribution in [2.45, 2.75) is 13.0 Å². The van der Waals surface area contributed by atoms with Crippen LogP contribution in [0.4, 0.5) is 4.39 Å². The molecule has 1 unspecified atom stereocenters. The van der Waals surface area contributed by atoms with Crippen LogP contribution in [0.1, 0.15) is 23.1 Å². The Hall–Kier alpha value is -4.13. The van der Waals surface area contributed by atoms with E-state index in [1.165, 1.54) is 23.0 Å². The van der Waals surface area contributed by atoms with Gasteiger partial charge in [-0.3, -0.25) is 0 Å². The third kappa shape index (κ3) is 4.46. The van der Waals surface area contributed by atoms with E-state index in [4.69, 9.17) is 10.5 Å². The summed E-state index contributed by atoms with van der Waals surface area (Å²) in [7, 11) is 0. The topological polar surface area (TPSA) is 123 Å². The number of aliphatic hydroxyl groups excluding tert-OH is 1. The van der Waals surface area contributed by atoms with E-state index in [0.717, 1.165) is 0 Å². The number of halogens is 1. The molecule has 4 aromatic rings. The number of hydrogen-bond acceptors (Lipinski definition) is 7. The van der Waals surface area contributed by atoms with Crippen LogP contribution in [0, 0.1) is 24.1 Å². The molecule has 8 nitrogen and oxygen atoms in total. The number of nitrogens with two attached hydrogens (primary N) is 1. The van der Waals surface area contributed by atoms with Crippen molar-refractivity contribution in [1.82, 2.24) is 19.7 Å². The second-order valence-electron chi connectivity index (χ2n) is 7.01. The van der Waals surface area contributed by atoms with Crippen LogP contribution in [0.5, 0.6) is 11.6 Å². The van der Waals surface area contributed by atoms with Gasteiger partial charge in [-0.15, -0.1) is 0 Å². The molecule has 0 aliphatic heterocycles. The van der Waals surface area contributed by atoms with Crippen LogP contribution >= 0.6 is 0 Å². The summed E-state index contributed by atoms with van der Waals surface area (Å²) >= 11 is 0. The van der Waals surface area contributed by atoms with Gasteiger partial charge in [0.1, 0.15) is 17.3 Å². The molecule has 9 heteroatoms. The SMILES string of the molecule is Cc1nc(Oc2cc(C#N)ccc2-n2cc(C(O)CN)cn2)cc(-c2ccc(F)cc2)n1. The quantitative estimate of drug-likeness (QED) is 0.480. The lowest BCUT2D eigenvalue weighted by Gasteiger charge is -2.12. The van der Waals surface area contributed by atoms with Crippen LogP contribution in [0.15, 0.2) is 60.9 Å². The molecule has 0 radical (unpaired) electrons. The molecule has 0 saturated heterocycles. The molecule has 2 aromatic heterocycles. The number of aryl methyl sites for hydroxylation is 1. The van der Waals surface area contributed by atoms with Gasteiger partial charge in [-0.2, -0.15) is 15.3 Å². The normalized spacial score (nSPS) is 11.7. The lowest BCUT2D eigenvalue weighted by atomic mass is 10.1. The third-order valence-electron chi connectivity index (χ3n) is 4.72. The first-order valence-corrected chi connectivity index (χ1v) is 9.73. The number of aliphatic hydroxyl groups is 1. The van der Waals surface area contributed by atoms with Gasteiger partial charge in [-0.1, -0.05) is 0 Å². The van der Waals surface area contributed by atoms with Crippen molar-refractivity contribution >= 4 is 0 Å². The number of nitrogens with zero attached hydrogens (tertiary/aromatic N) is 5. The second-order valence-corrected chi connectivity index (χ2v) is 7.01. The Kier molecular flexibility index (Phi) is 5.89. The van der Waals surface area contributed by atoms with E-state index in [2.05, 4.69) is 21.1 Å². The van der Waals surface area contributed by atoms with Gasteiger partial charge < -0.3 is 15.6 Å². The van der Waals surface area contributed by atoms with E-state index in [9.17, 15) is 14.8 Å². The third-order valence-corrected chi connectivity index (χ3v) is 4.72. The Balaban J connectivity index is 1.73. The zero-order valence-electron chi connectivity index (χ0n) is 17.1. The molecule has 0 fully saturated rings. The van der Waals surface area contributed by atoms with Gasteiger partial charge in [0.2, 0.25) is 5.88 Å². The highest BCUT2D eigenvalue weighted by Crippen LogP contribution is 2.31. The van der Waals surface area contributed by atoms with Crippen LogP contribution in [-0.4, -0.2) is 31.4 Å². The van der Waals surface area contributed by atoms with Crippen molar-refractivity contribution in [1.29, 1.82) is 5.26 Å². The lowest BCUT2D eigenvalue weighted by molar-refractivity contribution is 0.186. The zero-order valence-corrected chi connectivity index (χ0v) is 17.1. The molecule has 0 amide bonds. The van der Waals surface area contributed by atoms with Gasteiger partial charge in [-0.05, 0) is 43.3 Å².